The minimum atomic E-state index is 0.772. The van der Waals surface area contributed by atoms with Gasteiger partial charge < -0.3 is 0 Å². The second kappa shape index (κ2) is 6.32. The first-order valence-corrected chi connectivity index (χ1v) is 7.96. The average molecular weight is 317 g/mol. The van der Waals surface area contributed by atoms with Crippen LogP contribution in [0.15, 0.2) is 15.9 Å². The zero-order chi connectivity index (χ0) is 12.3. The highest BCUT2D eigenvalue weighted by molar-refractivity contribution is 9.11. The summed E-state index contributed by atoms with van der Waals surface area (Å²) in [6.07, 6.45) is 2.74. The Morgan fingerprint density at radius 1 is 1.53 bits per heavy atom. The van der Waals surface area contributed by atoms with Crippen LogP contribution in [0, 0.1) is 0 Å². The molecule has 17 heavy (non-hydrogen) atoms. The second-order valence-electron chi connectivity index (χ2n) is 4.83. The van der Waals surface area contributed by atoms with E-state index in [0.717, 1.165) is 12.6 Å². The van der Waals surface area contributed by atoms with Crippen LogP contribution < -0.4 is 0 Å². The molecule has 0 amide bonds. The lowest BCUT2D eigenvalue weighted by molar-refractivity contribution is 0.195. The third kappa shape index (κ3) is 3.78. The van der Waals surface area contributed by atoms with Gasteiger partial charge in [-0.15, -0.1) is 11.3 Å². The average Bonchev–Trinajstić information content (AvgIpc) is 2.87. The molecule has 1 unspecified atom stereocenters. The number of likely N-dealkylation sites (N-methyl/N-ethyl adjacent to an activating group) is 2. The molecular formula is C13H21BrN2S. The molecule has 0 aromatic carbocycles. The molecule has 0 spiro atoms. The quantitative estimate of drug-likeness (QED) is 0.821. The van der Waals surface area contributed by atoms with E-state index in [1.165, 1.54) is 41.1 Å². The third-order valence-electron chi connectivity index (χ3n) is 3.48. The lowest BCUT2D eigenvalue weighted by atomic mass is 10.2. The van der Waals surface area contributed by atoms with Gasteiger partial charge >= 0.3 is 0 Å². The molecule has 1 saturated heterocycles. The summed E-state index contributed by atoms with van der Waals surface area (Å²) in [6, 6.07) is 5.13. The Morgan fingerprint density at radius 3 is 3.00 bits per heavy atom. The van der Waals surface area contributed by atoms with Crippen molar-refractivity contribution in [3.63, 3.8) is 0 Å². The van der Waals surface area contributed by atoms with Crippen LogP contribution in [0.25, 0.3) is 0 Å². The maximum absolute atomic E-state index is 3.52. The van der Waals surface area contributed by atoms with Crippen LogP contribution in [0.2, 0.25) is 0 Å². The zero-order valence-electron chi connectivity index (χ0n) is 10.7. The summed E-state index contributed by atoms with van der Waals surface area (Å²) in [7, 11) is 2.24. The molecule has 2 rings (SSSR count). The first-order valence-electron chi connectivity index (χ1n) is 6.36. The number of likely N-dealkylation sites (tertiary alicyclic amines) is 1. The van der Waals surface area contributed by atoms with Gasteiger partial charge in [0.1, 0.15) is 0 Å². The molecule has 1 aliphatic rings. The van der Waals surface area contributed by atoms with Gasteiger partial charge in [-0.3, -0.25) is 9.80 Å². The SMILES string of the molecule is CCN1CCCC1CN(C)Cc1ccc(Br)s1. The summed E-state index contributed by atoms with van der Waals surface area (Å²) in [4.78, 5) is 6.51. The highest BCUT2D eigenvalue weighted by atomic mass is 79.9. The van der Waals surface area contributed by atoms with Crippen LogP contribution in [0.1, 0.15) is 24.6 Å². The first kappa shape index (κ1) is 13.5. The zero-order valence-corrected chi connectivity index (χ0v) is 13.1. The standard InChI is InChI=1S/C13H21BrN2S/c1-3-16-8-4-5-11(16)9-15(2)10-12-6-7-13(14)17-12/h6-7,11H,3-5,8-10H2,1-2H3. The monoisotopic (exact) mass is 316 g/mol. The van der Waals surface area contributed by atoms with Gasteiger partial charge in [0.05, 0.1) is 3.79 Å². The normalized spacial score (nSPS) is 21.5. The Labute approximate surface area is 117 Å². The molecule has 2 heterocycles. The molecule has 96 valence electrons. The van der Waals surface area contributed by atoms with Gasteiger partial charge in [-0.1, -0.05) is 6.92 Å². The summed E-state index contributed by atoms with van der Waals surface area (Å²) in [5, 5.41) is 0. The van der Waals surface area contributed by atoms with E-state index in [0.29, 0.717) is 0 Å². The fourth-order valence-corrected chi connectivity index (χ4v) is 4.21. The van der Waals surface area contributed by atoms with Gasteiger partial charge in [-0.2, -0.15) is 0 Å². The summed E-state index contributed by atoms with van der Waals surface area (Å²) >= 11 is 5.36. The van der Waals surface area contributed by atoms with Crippen molar-refractivity contribution < 1.29 is 0 Å². The van der Waals surface area contributed by atoms with Crippen LogP contribution in [0.5, 0.6) is 0 Å². The Kier molecular flexibility index (Phi) is 5.03. The molecule has 4 heteroatoms. The van der Waals surface area contributed by atoms with Crippen LogP contribution in [0.3, 0.4) is 0 Å². The topological polar surface area (TPSA) is 6.48 Å². The maximum atomic E-state index is 3.52. The van der Waals surface area contributed by atoms with Crippen LogP contribution in [0.4, 0.5) is 0 Å². The van der Waals surface area contributed by atoms with Gasteiger partial charge in [-0.05, 0) is 61.0 Å². The van der Waals surface area contributed by atoms with Crippen molar-refractivity contribution in [2.24, 2.45) is 0 Å². The van der Waals surface area contributed by atoms with Crippen molar-refractivity contribution in [1.29, 1.82) is 0 Å². The molecular weight excluding hydrogens is 296 g/mol. The van der Waals surface area contributed by atoms with Crippen LogP contribution >= 0.6 is 27.3 Å². The number of halogens is 1. The lowest BCUT2D eigenvalue weighted by Crippen LogP contribution is -2.38. The molecule has 1 atom stereocenters. The number of hydrogen-bond acceptors (Lipinski definition) is 3. The van der Waals surface area contributed by atoms with E-state index >= 15 is 0 Å². The molecule has 2 nitrogen and oxygen atoms in total. The fraction of sp³-hybridized carbons (Fsp3) is 0.692. The molecule has 0 bridgehead atoms. The van der Waals surface area contributed by atoms with E-state index in [1.807, 2.05) is 11.3 Å². The fourth-order valence-electron chi connectivity index (χ4n) is 2.65. The van der Waals surface area contributed by atoms with E-state index in [9.17, 15) is 0 Å². The van der Waals surface area contributed by atoms with E-state index in [2.05, 4.69) is 51.8 Å². The number of nitrogens with zero attached hydrogens (tertiary/aromatic N) is 2. The van der Waals surface area contributed by atoms with Crippen molar-refractivity contribution in [1.82, 2.24) is 9.80 Å². The molecule has 1 aliphatic heterocycles. The van der Waals surface area contributed by atoms with E-state index < -0.39 is 0 Å². The number of thiophene rings is 1. The highest BCUT2D eigenvalue weighted by Gasteiger charge is 2.23. The molecule has 1 fully saturated rings. The molecule has 0 saturated carbocycles. The van der Waals surface area contributed by atoms with Gasteiger partial charge in [0.25, 0.3) is 0 Å². The van der Waals surface area contributed by atoms with Crippen molar-refractivity contribution in [3.8, 4) is 0 Å². The van der Waals surface area contributed by atoms with Gasteiger partial charge in [0.15, 0.2) is 0 Å². The Balaban J connectivity index is 1.82. The maximum Gasteiger partial charge on any atom is 0.0701 e. The van der Waals surface area contributed by atoms with Crippen molar-refractivity contribution >= 4 is 27.3 Å². The molecule has 0 aliphatic carbocycles. The number of rotatable bonds is 5. The molecule has 0 N–H and O–H groups in total. The van der Waals surface area contributed by atoms with E-state index in [-0.39, 0.29) is 0 Å². The molecule has 1 aromatic heterocycles. The minimum Gasteiger partial charge on any atom is -0.300 e. The first-order chi connectivity index (χ1) is 8.19. The van der Waals surface area contributed by atoms with E-state index in [4.69, 9.17) is 0 Å². The van der Waals surface area contributed by atoms with Crippen LogP contribution in [-0.2, 0) is 6.54 Å². The Hall–Kier alpha value is 0.1000. The van der Waals surface area contributed by atoms with Gasteiger partial charge in [0, 0.05) is 24.0 Å². The Bertz CT molecular complexity index is 353. The van der Waals surface area contributed by atoms with Gasteiger partial charge in [0.2, 0.25) is 0 Å². The number of hydrogen-bond donors (Lipinski definition) is 0. The summed E-state index contributed by atoms with van der Waals surface area (Å²) in [6.45, 7) is 7.03. The van der Waals surface area contributed by atoms with Gasteiger partial charge in [-0.25, -0.2) is 0 Å². The Morgan fingerprint density at radius 2 is 2.35 bits per heavy atom. The molecule has 0 radical (unpaired) electrons. The highest BCUT2D eigenvalue weighted by Crippen LogP contribution is 2.24. The molecule has 1 aromatic rings. The second-order valence-corrected chi connectivity index (χ2v) is 7.37. The van der Waals surface area contributed by atoms with Crippen molar-refractivity contribution in [3.05, 3.63) is 20.8 Å². The predicted molar refractivity (Wildman–Crippen MR) is 78.6 cm³/mol. The summed E-state index contributed by atoms with van der Waals surface area (Å²) in [5.74, 6) is 0. The predicted octanol–water partition coefficient (Wildman–Crippen LogP) is 3.43. The summed E-state index contributed by atoms with van der Waals surface area (Å²) < 4.78 is 1.23. The summed E-state index contributed by atoms with van der Waals surface area (Å²) in [5.41, 5.74) is 0. The lowest BCUT2D eigenvalue weighted by Gasteiger charge is -2.27. The van der Waals surface area contributed by atoms with Crippen molar-refractivity contribution in [2.75, 3.05) is 26.7 Å². The third-order valence-corrected chi connectivity index (χ3v) is 5.09. The van der Waals surface area contributed by atoms with Crippen molar-refractivity contribution in [2.45, 2.75) is 32.4 Å². The van der Waals surface area contributed by atoms with Crippen LogP contribution in [-0.4, -0.2) is 42.5 Å². The minimum absolute atomic E-state index is 0.772. The van der Waals surface area contributed by atoms with E-state index in [1.54, 1.807) is 0 Å². The smallest absolute Gasteiger partial charge is 0.0701 e. The largest absolute Gasteiger partial charge is 0.300 e.